The van der Waals surface area contributed by atoms with Crippen LogP contribution in [0.15, 0.2) is 40.8 Å². The molecule has 3 aromatic rings. The monoisotopic (exact) mass is 437 g/mol. The highest BCUT2D eigenvalue weighted by atomic mass is 16.6. The van der Waals surface area contributed by atoms with Crippen LogP contribution in [0.2, 0.25) is 0 Å². The highest BCUT2D eigenvalue weighted by Crippen LogP contribution is 2.46. The van der Waals surface area contributed by atoms with E-state index >= 15 is 0 Å². The SMILES string of the molecule is CONCc1ccc2c(c1)CCc1cc(CNOC)ccc1C2(CCN)c1nnc(C)o1. The number of hydrogen-bond acceptors (Lipinski definition) is 8. The van der Waals surface area contributed by atoms with Crippen LogP contribution >= 0.6 is 0 Å². The summed E-state index contributed by atoms with van der Waals surface area (Å²) in [5.74, 6) is 1.14. The van der Waals surface area contributed by atoms with E-state index < -0.39 is 5.41 Å². The number of hydroxylamine groups is 2. The summed E-state index contributed by atoms with van der Waals surface area (Å²) in [5.41, 5.74) is 18.7. The second kappa shape index (κ2) is 9.89. The van der Waals surface area contributed by atoms with Gasteiger partial charge in [-0.25, -0.2) is 0 Å². The molecule has 0 aliphatic heterocycles. The van der Waals surface area contributed by atoms with Crippen molar-refractivity contribution in [2.45, 2.75) is 44.7 Å². The predicted octanol–water partition coefficient (Wildman–Crippen LogP) is 2.46. The van der Waals surface area contributed by atoms with E-state index in [1.54, 1.807) is 14.2 Å². The molecule has 0 saturated carbocycles. The Morgan fingerprint density at radius 3 is 1.94 bits per heavy atom. The number of rotatable bonds is 9. The summed E-state index contributed by atoms with van der Waals surface area (Å²) < 4.78 is 6.10. The van der Waals surface area contributed by atoms with Crippen molar-refractivity contribution in [2.24, 2.45) is 5.73 Å². The van der Waals surface area contributed by atoms with E-state index in [0.29, 0.717) is 37.8 Å². The molecule has 1 heterocycles. The van der Waals surface area contributed by atoms with Crippen molar-refractivity contribution in [3.05, 3.63) is 81.6 Å². The topological polar surface area (TPSA) is 107 Å². The minimum atomic E-state index is -0.600. The molecule has 2 aromatic carbocycles. The van der Waals surface area contributed by atoms with Crippen LogP contribution in [0.4, 0.5) is 0 Å². The lowest BCUT2D eigenvalue weighted by Crippen LogP contribution is -2.34. The molecule has 0 radical (unpaired) electrons. The molecule has 4 rings (SSSR count). The Hall–Kier alpha value is -2.62. The first-order valence-corrected chi connectivity index (χ1v) is 10.9. The van der Waals surface area contributed by atoms with E-state index in [1.807, 2.05) is 6.92 Å². The van der Waals surface area contributed by atoms with Gasteiger partial charge in [-0.1, -0.05) is 36.4 Å². The fourth-order valence-electron chi connectivity index (χ4n) is 4.78. The average Bonchev–Trinajstić information content (AvgIpc) is 3.20. The molecule has 0 atom stereocenters. The minimum absolute atomic E-state index is 0.486. The lowest BCUT2D eigenvalue weighted by atomic mass is 9.69. The lowest BCUT2D eigenvalue weighted by Gasteiger charge is -2.33. The van der Waals surface area contributed by atoms with Crippen molar-refractivity contribution >= 4 is 0 Å². The first-order valence-electron chi connectivity index (χ1n) is 10.9. The third kappa shape index (κ3) is 4.20. The van der Waals surface area contributed by atoms with E-state index in [-0.39, 0.29) is 0 Å². The number of fused-ring (bicyclic) bond motifs is 2. The Kier molecular flexibility index (Phi) is 6.98. The van der Waals surface area contributed by atoms with Crippen LogP contribution in [0, 0.1) is 6.92 Å². The molecule has 0 fully saturated rings. The van der Waals surface area contributed by atoms with Gasteiger partial charge in [0.25, 0.3) is 0 Å². The fourth-order valence-corrected chi connectivity index (χ4v) is 4.78. The summed E-state index contributed by atoms with van der Waals surface area (Å²) in [6.07, 6.45) is 2.48. The van der Waals surface area contributed by atoms with Crippen molar-refractivity contribution < 1.29 is 14.1 Å². The van der Waals surface area contributed by atoms with Gasteiger partial charge in [0.15, 0.2) is 0 Å². The lowest BCUT2D eigenvalue weighted by molar-refractivity contribution is 0.0866. The number of aromatic nitrogens is 2. The Morgan fingerprint density at radius 2 is 1.50 bits per heavy atom. The summed E-state index contributed by atoms with van der Waals surface area (Å²) >= 11 is 0. The van der Waals surface area contributed by atoms with Crippen molar-refractivity contribution in [3.8, 4) is 0 Å². The second-order valence-corrected chi connectivity index (χ2v) is 8.10. The van der Waals surface area contributed by atoms with Gasteiger partial charge in [-0.05, 0) is 59.2 Å². The quantitative estimate of drug-likeness (QED) is 0.438. The Morgan fingerprint density at radius 1 is 0.938 bits per heavy atom. The van der Waals surface area contributed by atoms with E-state index in [1.165, 1.54) is 22.3 Å². The average molecular weight is 438 g/mol. The molecule has 1 aromatic heterocycles. The van der Waals surface area contributed by atoms with Gasteiger partial charge >= 0.3 is 0 Å². The number of hydrogen-bond donors (Lipinski definition) is 3. The van der Waals surface area contributed by atoms with Crippen LogP contribution in [0.1, 0.15) is 51.6 Å². The summed E-state index contributed by atoms with van der Waals surface area (Å²) in [6, 6.07) is 13.1. The maximum absolute atomic E-state index is 6.20. The zero-order valence-corrected chi connectivity index (χ0v) is 18.9. The maximum Gasteiger partial charge on any atom is 0.231 e. The van der Waals surface area contributed by atoms with Crippen LogP contribution in [-0.2, 0) is 41.0 Å². The molecule has 1 aliphatic rings. The number of nitrogens with one attached hydrogen (secondary N) is 2. The van der Waals surface area contributed by atoms with Gasteiger partial charge in [0, 0.05) is 20.0 Å². The van der Waals surface area contributed by atoms with Crippen LogP contribution < -0.4 is 16.7 Å². The van der Waals surface area contributed by atoms with Gasteiger partial charge in [-0.2, -0.15) is 11.0 Å². The smallest absolute Gasteiger partial charge is 0.231 e. The highest BCUT2D eigenvalue weighted by molar-refractivity contribution is 5.55. The van der Waals surface area contributed by atoms with Crippen LogP contribution in [-0.4, -0.2) is 31.0 Å². The summed E-state index contributed by atoms with van der Waals surface area (Å²) in [5, 5.41) is 8.68. The van der Waals surface area contributed by atoms with Gasteiger partial charge in [0.2, 0.25) is 11.8 Å². The fraction of sp³-hybridized carbons (Fsp3) is 0.417. The largest absolute Gasteiger partial charge is 0.424 e. The zero-order chi connectivity index (χ0) is 22.6. The highest BCUT2D eigenvalue weighted by Gasteiger charge is 2.44. The molecule has 0 bridgehead atoms. The second-order valence-electron chi connectivity index (χ2n) is 8.10. The normalized spacial score (nSPS) is 14.6. The number of nitrogens with two attached hydrogens (primary N) is 1. The first kappa shape index (κ1) is 22.6. The van der Waals surface area contributed by atoms with E-state index in [2.05, 4.69) is 57.6 Å². The number of aryl methyl sites for hydroxylation is 3. The molecule has 0 saturated heterocycles. The molecule has 8 heteroatoms. The molecule has 0 spiro atoms. The molecule has 0 amide bonds. The molecule has 0 unspecified atom stereocenters. The Labute approximate surface area is 188 Å². The Bertz CT molecular complexity index is 1010. The van der Waals surface area contributed by atoms with Gasteiger partial charge in [0.05, 0.1) is 14.2 Å². The Balaban J connectivity index is 1.92. The third-order valence-corrected chi connectivity index (χ3v) is 6.17. The first-order chi connectivity index (χ1) is 15.6. The summed E-state index contributed by atoms with van der Waals surface area (Å²) in [6.45, 7) is 3.57. The van der Waals surface area contributed by atoms with Gasteiger partial charge < -0.3 is 19.8 Å². The molecule has 8 nitrogen and oxygen atoms in total. The van der Waals surface area contributed by atoms with Crippen LogP contribution in [0.3, 0.4) is 0 Å². The van der Waals surface area contributed by atoms with Gasteiger partial charge in [-0.15, -0.1) is 10.2 Å². The zero-order valence-electron chi connectivity index (χ0n) is 18.9. The van der Waals surface area contributed by atoms with Gasteiger partial charge in [0.1, 0.15) is 5.41 Å². The predicted molar refractivity (Wildman–Crippen MR) is 121 cm³/mol. The molecule has 32 heavy (non-hydrogen) atoms. The minimum Gasteiger partial charge on any atom is -0.424 e. The molecule has 4 N–H and O–H groups in total. The van der Waals surface area contributed by atoms with Crippen molar-refractivity contribution in [3.63, 3.8) is 0 Å². The van der Waals surface area contributed by atoms with Crippen molar-refractivity contribution in [2.75, 3.05) is 20.8 Å². The number of benzene rings is 2. The van der Waals surface area contributed by atoms with E-state index in [4.69, 9.17) is 19.8 Å². The van der Waals surface area contributed by atoms with Crippen molar-refractivity contribution in [1.29, 1.82) is 0 Å². The molecule has 1 aliphatic carbocycles. The van der Waals surface area contributed by atoms with Gasteiger partial charge in [-0.3, -0.25) is 0 Å². The van der Waals surface area contributed by atoms with E-state index in [9.17, 15) is 0 Å². The standard InChI is InChI=1S/C24H31N5O3/c1-16-28-29-23(32-16)24(10-11-25)21-8-4-17(14-26-30-2)12-19(21)6-7-20-13-18(15-27-31-3)5-9-22(20)24/h4-5,8-9,12-13,26-27H,6-7,10-11,14-15,25H2,1-3H3. The summed E-state index contributed by atoms with van der Waals surface area (Å²) in [4.78, 5) is 10.1. The van der Waals surface area contributed by atoms with E-state index in [0.717, 1.165) is 24.0 Å². The number of nitrogens with zero attached hydrogens (tertiary/aromatic N) is 2. The maximum atomic E-state index is 6.20. The molecular formula is C24H31N5O3. The molecule has 170 valence electrons. The summed E-state index contributed by atoms with van der Waals surface area (Å²) in [7, 11) is 3.25. The van der Waals surface area contributed by atoms with Crippen LogP contribution in [0.25, 0.3) is 0 Å². The molecular weight excluding hydrogens is 406 g/mol. The third-order valence-electron chi connectivity index (χ3n) is 6.17. The van der Waals surface area contributed by atoms with Crippen LogP contribution in [0.5, 0.6) is 0 Å². The van der Waals surface area contributed by atoms with Crippen molar-refractivity contribution in [1.82, 2.24) is 21.2 Å².